The van der Waals surface area contributed by atoms with E-state index in [1.165, 1.54) is 32.9 Å². The lowest BCUT2D eigenvalue weighted by molar-refractivity contribution is -0.214. The predicted octanol–water partition coefficient (Wildman–Crippen LogP) is 3.60. The number of hydrogen-bond donors (Lipinski definition) is 1. The fraction of sp³-hybridized carbons (Fsp3) is 0.500. The Balaban J connectivity index is 2.75. The van der Waals surface area contributed by atoms with E-state index >= 15 is 0 Å². The molecular formula is C14H16BrF3N2O. The Kier molecular flexibility index (Phi) is 3.87. The summed E-state index contributed by atoms with van der Waals surface area (Å²) in [5.74, 6) is -4.33. The van der Waals surface area contributed by atoms with Crippen LogP contribution in [0.4, 0.5) is 13.2 Å². The second kappa shape index (κ2) is 4.98. The lowest BCUT2D eigenvalue weighted by Crippen LogP contribution is -2.56. The number of amidine groups is 1. The maximum absolute atomic E-state index is 15.0. The molecule has 0 spiro atoms. The molecule has 1 aromatic rings. The van der Waals surface area contributed by atoms with E-state index in [9.17, 15) is 13.2 Å². The number of benzene rings is 1. The normalized spacial score (nSPS) is 27.9. The van der Waals surface area contributed by atoms with Gasteiger partial charge in [0, 0.05) is 10.0 Å². The van der Waals surface area contributed by atoms with E-state index in [0.29, 0.717) is 4.47 Å². The van der Waals surface area contributed by atoms with Crippen LogP contribution in [0.25, 0.3) is 0 Å². The number of halogens is 4. The van der Waals surface area contributed by atoms with Gasteiger partial charge in [-0.15, -0.1) is 0 Å². The van der Waals surface area contributed by atoms with Crippen LogP contribution < -0.4 is 5.73 Å². The third-order valence-corrected chi connectivity index (χ3v) is 4.26. The molecule has 0 fully saturated rings. The molecule has 7 heteroatoms. The van der Waals surface area contributed by atoms with Gasteiger partial charge in [-0.3, -0.25) is 4.99 Å². The summed E-state index contributed by atoms with van der Waals surface area (Å²) in [5, 5.41) is 0. The zero-order chi connectivity index (χ0) is 16.1. The van der Waals surface area contributed by atoms with Crippen molar-refractivity contribution in [2.24, 2.45) is 10.7 Å². The summed E-state index contributed by atoms with van der Waals surface area (Å²) in [6.07, 6.45) is 0. The van der Waals surface area contributed by atoms with Gasteiger partial charge in [0.25, 0.3) is 0 Å². The van der Waals surface area contributed by atoms with Crippen molar-refractivity contribution in [3.63, 3.8) is 0 Å². The molecule has 1 aromatic carbocycles. The average molecular weight is 365 g/mol. The van der Waals surface area contributed by atoms with Crippen molar-refractivity contribution >= 4 is 21.8 Å². The van der Waals surface area contributed by atoms with E-state index in [1.54, 1.807) is 0 Å². The highest BCUT2D eigenvalue weighted by atomic mass is 79.9. The second-order valence-corrected chi connectivity index (χ2v) is 6.59. The topological polar surface area (TPSA) is 47.6 Å². The highest BCUT2D eigenvalue weighted by molar-refractivity contribution is 9.10. The minimum atomic E-state index is -3.47. The molecule has 3 nitrogen and oxygen atoms in total. The SMILES string of the molecule is CC1(C)OCC(N)=N[C@](C)(c2cc(Br)ccc2F)C1(F)F. The van der Waals surface area contributed by atoms with Gasteiger partial charge in [-0.25, -0.2) is 13.2 Å². The van der Waals surface area contributed by atoms with Crippen molar-refractivity contribution in [1.29, 1.82) is 0 Å². The highest BCUT2D eigenvalue weighted by Crippen LogP contribution is 2.50. The van der Waals surface area contributed by atoms with Crippen LogP contribution in [-0.4, -0.2) is 24.0 Å². The molecular weight excluding hydrogens is 349 g/mol. The van der Waals surface area contributed by atoms with Gasteiger partial charge in [-0.2, -0.15) is 0 Å². The van der Waals surface area contributed by atoms with E-state index in [2.05, 4.69) is 20.9 Å². The Morgan fingerprint density at radius 1 is 1.29 bits per heavy atom. The molecule has 1 aliphatic heterocycles. The molecule has 0 bridgehead atoms. The first kappa shape index (κ1) is 16.3. The van der Waals surface area contributed by atoms with Crippen LogP contribution in [0.15, 0.2) is 27.7 Å². The van der Waals surface area contributed by atoms with Gasteiger partial charge < -0.3 is 10.5 Å². The van der Waals surface area contributed by atoms with E-state index in [1.807, 2.05) is 0 Å². The molecule has 1 aliphatic rings. The largest absolute Gasteiger partial charge is 0.385 e. The summed E-state index contributed by atoms with van der Waals surface area (Å²) in [7, 11) is 0. The lowest BCUT2D eigenvalue weighted by Gasteiger charge is -2.41. The molecule has 116 valence electrons. The molecule has 2 rings (SSSR count). The summed E-state index contributed by atoms with van der Waals surface area (Å²) in [6.45, 7) is 3.43. The van der Waals surface area contributed by atoms with Crippen molar-refractivity contribution in [2.45, 2.75) is 37.8 Å². The predicted molar refractivity (Wildman–Crippen MR) is 78.1 cm³/mol. The molecule has 0 amide bonds. The number of aliphatic imine (C=N–C) groups is 1. The van der Waals surface area contributed by atoms with Crippen LogP contribution in [0.2, 0.25) is 0 Å². The monoisotopic (exact) mass is 364 g/mol. The molecule has 1 heterocycles. The Labute approximate surface area is 129 Å². The summed E-state index contributed by atoms with van der Waals surface area (Å²) >= 11 is 3.17. The van der Waals surface area contributed by atoms with Crippen molar-refractivity contribution < 1.29 is 17.9 Å². The smallest absolute Gasteiger partial charge is 0.304 e. The molecule has 0 unspecified atom stereocenters. The summed E-state index contributed by atoms with van der Waals surface area (Å²) in [6, 6.07) is 3.85. The van der Waals surface area contributed by atoms with Crippen molar-refractivity contribution in [1.82, 2.24) is 0 Å². The van der Waals surface area contributed by atoms with E-state index in [0.717, 1.165) is 6.07 Å². The zero-order valence-electron chi connectivity index (χ0n) is 11.9. The maximum Gasteiger partial charge on any atom is 0.304 e. The summed E-state index contributed by atoms with van der Waals surface area (Å²) in [4.78, 5) is 3.89. The number of rotatable bonds is 1. The number of nitrogens with zero attached hydrogens (tertiary/aromatic N) is 1. The number of ether oxygens (including phenoxy) is 1. The maximum atomic E-state index is 15.0. The van der Waals surface area contributed by atoms with Crippen LogP contribution in [-0.2, 0) is 10.3 Å². The molecule has 2 N–H and O–H groups in total. The molecule has 0 aliphatic carbocycles. The van der Waals surface area contributed by atoms with Gasteiger partial charge >= 0.3 is 5.92 Å². The standard InChI is InChI=1S/C14H16BrF3N2O/c1-12(2)14(17,18)13(3,20-11(19)7-21-12)9-6-8(15)4-5-10(9)16/h4-6H,7H2,1-3H3,(H2,19,20)/t13-/m1/s1. The molecule has 1 atom stereocenters. The van der Waals surface area contributed by atoms with Gasteiger partial charge in [0.1, 0.15) is 23.9 Å². The van der Waals surface area contributed by atoms with E-state index in [4.69, 9.17) is 10.5 Å². The number of alkyl halides is 2. The minimum Gasteiger partial charge on any atom is -0.385 e. The zero-order valence-corrected chi connectivity index (χ0v) is 13.5. The van der Waals surface area contributed by atoms with Crippen LogP contribution >= 0.6 is 15.9 Å². The molecule has 0 aromatic heterocycles. The molecule has 0 radical (unpaired) electrons. The summed E-state index contributed by atoms with van der Waals surface area (Å²) in [5.41, 5.74) is 1.39. The minimum absolute atomic E-state index is 0.0953. The first-order valence-electron chi connectivity index (χ1n) is 6.33. The number of hydrogen-bond acceptors (Lipinski definition) is 3. The van der Waals surface area contributed by atoms with Crippen molar-refractivity contribution in [3.8, 4) is 0 Å². The fourth-order valence-electron chi connectivity index (χ4n) is 2.42. The number of nitrogens with two attached hydrogens (primary N) is 1. The van der Waals surface area contributed by atoms with E-state index in [-0.39, 0.29) is 18.0 Å². The fourth-order valence-corrected chi connectivity index (χ4v) is 2.78. The third kappa shape index (κ3) is 2.46. The van der Waals surface area contributed by atoms with Crippen LogP contribution in [0.3, 0.4) is 0 Å². The van der Waals surface area contributed by atoms with Gasteiger partial charge in [0.2, 0.25) is 0 Å². The van der Waals surface area contributed by atoms with E-state index < -0.39 is 22.9 Å². The Morgan fingerprint density at radius 2 is 1.90 bits per heavy atom. The van der Waals surface area contributed by atoms with Gasteiger partial charge in [0.05, 0.1) is 0 Å². The molecule has 0 saturated carbocycles. The van der Waals surface area contributed by atoms with Crippen molar-refractivity contribution in [3.05, 3.63) is 34.1 Å². The first-order chi connectivity index (χ1) is 9.51. The van der Waals surface area contributed by atoms with Gasteiger partial charge in [-0.1, -0.05) is 15.9 Å². The Hall–Kier alpha value is -1.08. The van der Waals surface area contributed by atoms with Crippen molar-refractivity contribution in [2.75, 3.05) is 6.61 Å². The third-order valence-electron chi connectivity index (χ3n) is 3.77. The highest BCUT2D eigenvalue weighted by Gasteiger charge is 2.63. The van der Waals surface area contributed by atoms with Crippen LogP contribution in [0.5, 0.6) is 0 Å². The second-order valence-electron chi connectivity index (χ2n) is 5.67. The Morgan fingerprint density at radius 3 is 2.52 bits per heavy atom. The van der Waals surface area contributed by atoms with Crippen LogP contribution in [0.1, 0.15) is 26.3 Å². The Bertz CT molecular complexity index is 604. The quantitative estimate of drug-likeness (QED) is 0.827. The lowest BCUT2D eigenvalue weighted by atomic mass is 9.78. The van der Waals surface area contributed by atoms with Crippen LogP contribution in [0, 0.1) is 5.82 Å². The molecule has 0 saturated heterocycles. The average Bonchev–Trinajstić information content (AvgIpc) is 2.43. The first-order valence-corrected chi connectivity index (χ1v) is 7.12. The summed E-state index contributed by atoms with van der Waals surface area (Å²) < 4.78 is 49.8. The van der Waals surface area contributed by atoms with Gasteiger partial charge in [0.15, 0.2) is 5.54 Å². The van der Waals surface area contributed by atoms with Gasteiger partial charge in [-0.05, 0) is 39.0 Å². The molecule has 21 heavy (non-hydrogen) atoms.